The third-order valence-electron chi connectivity index (χ3n) is 2.47. The highest BCUT2D eigenvalue weighted by atomic mass is 14.5. The van der Waals surface area contributed by atoms with Crippen LogP contribution in [0.4, 0.5) is 0 Å². The second-order valence-corrected chi connectivity index (χ2v) is 3.96. The molecule has 1 heteroatoms. The lowest BCUT2D eigenvalue weighted by atomic mass is 10.1. The highest BCUT2D eigenvalue weighted by Crippen LogP contribution is 2.05. The monoisotopic (exact) mass is 197 g/mol. The zero-order chi connectivity index (χ0) is 10.5. The van der Waals surface area contributed by atoms with E-state index >= 15 is 0 Å². The molecule has 0 aromatic carbocycles. The van der Waals surface area contributed by atoms with E-state index in [1.807, 2.05) is 0 Å². The van der Waals surface area contributed by atoms with Crippen molar-refractivity contribution in [1.29, 1.82) is 0 Å². The molecule has 0 spiro atoms. The summed E-state index contributed by atoms with van der Waals surface area (Å²) in [6, 6.07) is 0. The van der Waals surface area contributed by atoms with Crippen LogP contribution in [0.1, 0.15) is 64.7 Å². The molecule has 1 nitrogen and oxygen atoms in total. The van der Waals surface area contributed by atoms with E-state index in [0.29, 0.717) is 0 Å². The average Bonchev–Trinajstić information content (AvgIpc) is 2.21. The standard InChI is InChI=1S/C13H27N/c1-2-3-4-5-6-7-8-9-10-11-12-13-14/h5-6H,2-4,7-14H2,1H3. The van der Waals surface area contributed by atoms with Crippen LogP contribution in [0.15, 0.2) is 12.2 Å². The van der Waals surface area contributed by atoms with Crippen molar-refractivity contribution in [2.24, 2.45) is 5.73 Å². The van der Waals surface area contributed by atoms with E-state index in [4.69, 9.17) is 5.73 Å². The van der Waals surface area contributed by atoms with Gasteiger partial charge in [0.05, 0.1) is 0 Å². The summed E-state index contributed by atoms with van der Waals surface area (Å²) in [7, 11) is 0. The first-order chi connectivity index (χ1) is 6.91. The summed E-state index contributed by atoms with van der Waals surface area (Å²) in [6.45, 7) is 3.10. The second-order valence-electron chi connectivity index (χ2n) is 3.96. The van der Waals surface area contributed by atoms with Crippen molar-refractivity contribution in [2.75, 3.05) is 6.54 Å². The number of allylic oxidation sites excluding steroid dienone is 2. The van der Waals surface area contributed by atoms with E-state index in [1.165, 1.54) is 57.8 Å². The highest BCUT2D eigenvalue weighted by molar-refractivity contribution is 4.80. The van der Waals surface area contributed by atoms with Crippen molar-refractivity contribution in [3.63, 3.8) is 0 Å². The van der Waals surface area contributed by atoms with Gasteiger partial charge in [0.15, 0.2) is 0 Å². The summed E-state index contributed by atoms with van der Waals surface area (Å²) in [5, 5.41) is 0. The first-order valence-corrected chi connectivity index (χ1v) is 6.27. The van der Waals surface area contributed by atoms with Gasteiger partial charge in [-0.1, -0.05) is 51.2 Å². The lowest BCUT2D eigenvalue weighted by molar-refractivity contribution is 0.622. The number of nitrogens with two attached hydrogens (primary N) is 1. The first kappa shape index (κ1) is 13.7. The Labute approximate surface area is 89.8 Å². The molecule has 14 heavy (non-hydrogen) atoms. The molecule has 0 saturated heterocycles. The van der Waals surface area contributed by atoms with Gasteiger partial charge in [-0.05, 0) is 32.2 Å². The fourth-order valence-electron chi connectivity index (χ4n) is 1.49. The van der Waals surface area contributed by atoms with Crippen molar-refractivity contribution in [3.05, 3.63) is 12.2 Å². The van der Waals surface area contributed by atoms with Crippen molar-refractivity contribution >= 4 is 0 Å². The fourth-order valence-corrected chi connectivity index (χ4v) is 1.49. The molecule has 0 amide bonds. The Hall–Kier alpha value is -0.300. The van der Waals surface area contributed by atoms with Crippen molar-refractivity contribution in [2.45, 2.75) is 64.7 Å². The van der Waals surface area contributed by atoms with Gasteiger partial charge >= 0.3 is 0 Å². The van der Waals surface area contributed by atoms with Crippen LogP contribution in [-0.2, 0) is 0 Å². The third-order valence-corrected chi connectivity index (χ3v) is 2.47. The summed E-state index contributed by atoms with van der Waals surface area (Å²) in [5.74, 6) is 0. The maximum absolute atomic E-state index is 5.43. The molecular weight excluding hydrogens is 170 g/mol. The molecule has 0 aromatic rings. The Morgan fingerprint density at radius 2 is 1.36 bits per heavy atom. The van der Waals surface area contributed by atoms with Gasteiger partial charge in [0.2, 0.25) is 0 Å². The molecule has 0 aromatic heterocycles. The fraction of sp³-hybridized carbons (Fsp3) is 0.846. The third kappa shape index (κ3) is 11.7. The van der Waals surface area contributed by atoms with Gasteiger partial charge in [0, 0.05) is 0 Å². The summed E-state index contributed by atoms with van der Waals surface area (Å²) in [6.07, 6.45) is 16.5. The number of hydrogen-bond acceptors (Lipinski definition) is 1. The van der Waals surface area contributed by atoms with Gasteiger partial charge in [0.25, 0.3) is 0 Å². The van der Waals surface area contributed by atoms with E-state index in [1.54, 1.807) is 0 Å². The molecule has 0 atom stereocenters. The van der Waals surface area contributed by atoms with Crippen LogP contribution in [-0.4, -0.2) is 6.54 Å². The Morgan fingerprint density at radius 1 is 0.786 bits per heavy atom. The van der Waals surface area contributed by atoms with Gasteiger partial charge < -0.3 is 5.73 Å². The topological polar surface area (TPSA) is 26.0 Å². The highest BCUT2D eigenvalue weighted by Gasteiger charge is 1.87. The van der Waals surface area contributed by atoms with Crippen LogP contribution >= 0.6 is 0 Å². The van der Waals surface area contributed by atoms with E-state index < -0.39 is 0 Å². The minimum absolute atomic E-state index is 0.858. The molecule has 2 N–H and O–H groups in total. The van der Waals surface area contributed by atoms with Crippen LogP contribution in [0.2, 0.25) is 0 Å². The van der Waals surface area contributed by atoms with Crippen molar-refractivity contribution in [3.8, 4) is 0 Å². The Bertz CT molecular complexity index is 118. The van der Waals surface area contributed by atoms with Crippen LogP contribution in [0.5, 0.6) is 0 Å². The average molecular weight is 197 g/mol. The maximum atomic E-state index is 5.43. The summed E-state index contributed by atoms with van der Waals surface area (Å²) >= 11 is 0. The van der Waals surface area contributed by atoms with E-state index in [9.17, 15) is 0 Å². The van der Waals surface area contributed by atoms with Gasteiger partial charge in [0.1, 0.15) is 0 Å². The summed E-state index contributed by atoms with van der Waals surface area (Å²) < 4.78 is 0. The Balaban J connectivity index is 2.94. The Kier molecular flexibility index (Phi) is 12.4. The van der Waals surface area contributed by atoms with E-state index in [-0.39, 0.29) is 0 Å². The molecule has 0 unspecified atom stereocenters. The van der Waals surface area contributed by atoms with Crippen LogP contribution < -0.4 is 5.73 Å². The van der Waals surface area contributed by atoms with Crippen LogP contribution in [0.3, 0.4) is 0 Å². The smallest absolute Gasteiger partial charge is 0.00773 e. The predicted molar refractivity (Wildman–Crippen MR) is 65.4 cm³/mol. The molecule has 0 aliphatic carbocycles. The largest absolute Gasteiger partial charge is 0.330 e. The lowest BCUT2D eigenvalue weighted by Crippen LogP contribution is -1.97. The molecule has 0 saturated carbocycles. The van der Waals surface area contributed by atoms with Gasteiger partial charge in [-0.25, -0.2) is 0 Å². The van der Waals surface area contributed by atoms with Gasteiger partial charge in [-0.15, -0.1) is 0 Å². The summed E-state index contributed by atoms with van der Waals surface area (Å²) in [4.78, 5) is 0. The zero-order valence-corrected chi connectivity index (χ0v) is 9.80. The lowest BCUT2D eigenvalue weighted by Gasteiger charge is -1.97. The molecule has 0 fully saturated rings. The molecule has 0 rings (SSSR count). The predicted octanol–water partition coefficient (Wildman–Crippen LogP) is 4.03. The second kappa shape index (κ2) is 12.7. The number of hydrogen-bond donors (Lipinski definition) is 1. The molecule has 84 valence electrons. The van der Waals surface area contributed by atoms with Crippen LogP contribution in [0, 0.1) is 0 Å². The quantitative estimate of drug-likeness (QED) is 0.415. The number of unbranched alkanes of at least 4 members (excludes halogenated alkanes) is 7. The molecule has 0 bridgehead atoms. The summed E-state index contributed by atoms with van der Waals surface area (Å²) in [5.41, 5.74) is 5.43. The SMILES string of the molecule is CCCCC=CCCCCCCCN. The minimum Gasteiger partial charge on any atom is -0.330 e. The van der Waals surface area contributed by atoms with Crippen molar-refractivity contribution < 1.29 is 0 Å². The normalized spacial score (nSPS) is 11.3. The molecule has 0 aliphatic heterocycles. The van der Waals surface area contributed by atoms with Gasteiger partial charge in [-0.3, -0.25) is 0 Å². The molecule has 0 radical (unpaired) electrons. The first-order valence-electron chi connectivity index (χ1n) is 6.27. The van der Waals surface area contributed by atoms with E-state index in [0.717, 1.165) is 6.54 Å². The zero-order valence-electron chi connectivity index (χ0n) is 9.80. The maximum Gasteiger partial charge on any atom is -0.00773 e. The minimum atomic E-state index is 0.858. The Morgan fingerprint density at radius 3 is 2.00 bits per heavy atom. The molecule has 0 heterocycles. The van der Waals surface area contributed by atoms with Gasteiger partial charge in [-0.2, -0.15) is 0 Å². The van der Waals surface area contributed by atoms with E-state index in [2.05, 4.69) is 19.1 Å². The molecule has 0 aliphatic rings. The number of rotatable bonds is 10. The van der Waals surface area contributed by atoms with Crippen molar-refractivity contribution in [1.82, 2.24) is 0 Å². The van der Waals surface area contributed by atoms with Crippen LogP contribution in [0.25, 0.3) is 0 Å². The molecular formula is C13H27N.